The molecule has 0 fully saturated rings. The lowest BCUT2D eigenvalue weighted by Crippen LogP contribution is -2.20. The van der Waals surface area contributed by atoms with Crippen LogP contribution >= 0.6 is 11.6 Å². The van der Waals surface area contributed by atoms with Gasteiger partial charge in [-0.1, -0.05) is 76.9 Å². The van der Waals surface area contributed by atoms with E-state index in [1.54, 1.807) is 0 Å². The monoisotopic (exact) mass is 343 g/mol. The summed E-state index contributed by atoms with van der Waals surface area (Å²) in [4.78, 5) is 11.2. The first-order chi connectivity index (χ1) is 11.3. The summed E-state index contributed by atoms with van der Waals surface area (Å²) in [6.07, 6.45) is 23.5. The Labute approximate surface area is 149 Å². The molecule has 23 heavy (non-hydrogen) atoms. The number of rotatable bonds is 17. The highest BCUT2D eigenvalue weighted by Crippen LogP contribution is 2.10. The zero-order chi connectivity index (χ0) is 17.0. The van der Waals surface area contributed by atoms with Gasteiger partial charge in [0.05, 0.1) is 6.00 Å². The predicted octanol–water partition coefficient (Wildman–Crippen LogP) is 6.73. The van der Waals surface area contributed by atoms with E-state index in [9.17, 15) is 4.79 Å². The van der Waals surface area contributed by atoms with E-state index in [0.29, 0.717) is 6.42 Å². The molecule has 0 unspecified atom stereocenters. The van der Waals surface area contributed by atoms with Crippen LogP contribution in [-0.2, 0) is 4.79 Å². The molecule has 3 heteroatoms. The number of amides is 1. The Kier molecular flexibility index (Phi) is 19.1. The number of hydrogen-bond donors (Lipinski definition) is 1. The Morgan fingerprint density at radius 3 is 1.78 bits per heavy atom. The molecule has 0 aliphatic heterocycles. The normalized spacial score (nSPS) is 11.2. The standard InChI is InChI=1S/C20H38ClNO/c1-2-3-4-5-6-7-8-9-10-11-12-13-14-15-16-17-18-20(23)22-19-21/h9-10H,2-8,11-19H2,1H3,(H,22,23)/b10-9+. The Hall–Kier alpha value is -0.500. The maximum absolute atomic E-state index is 11.2. The van der Waals surface area contributed by atoms with E-state index in [1.165, 1.54) is 77.0 Å². The first-order valence-corrected chi connectivity index (χ1v) is 10.3. The molecule has 0 aromatic rings. The molecule has 0 aliphatic rings. The van der Waals surface area contributed by atoms with Gasteiger partial charge in [-0.05, 0) is 32.1 Å². The van der Waals surface area contributed by atoms with Crippen LogP contribution in [0.4, 0.5) is 0 Å². The highest BCUT2D eigenvalue weighted by molar-refractivity contribution is 6.18. The third-order valence-electron chi connectivity index (χ3n) is 4.18. The van der Waals surface area contributed by atoms with Crippen molar-refractivity contribution in [2.45, 2.75) is 103 Å². The third-order valence-corrected chi connectivity index (χ3v) is 4.31. The van der Waals surface area contributed by atoms with Crippen LogP contribution in [0.5, 0.6) is 0 Å². The molecule has 0 saturated heterocycles. The van der Waals surface area contributed by atoms with Crippen LogP contribution in [0.15, 0.2) is 12.2 Å². The van der Waals surface area contributed by atoms with Gasteiger partial charge < -0.3 is 5.32 Å². The van der Waals surface area contributed by atoms with Gasteiger partial charge >= 0.3 is 0 Å². The molecule has 0 radical (unpaired) electrons. The topological polar surface area (TPSA) is 29.1 Å². The maximum atomic E-state index is 11.2. The van der Waals surface area contributed by atoms with Crippen LogP contribution in [0, 0.1) is 0 Å². The molecule has 0 aliphatic carbocycles. The van der Waals surface area contributed by atoms with Crippen LogP contribution in [0.25, 0.3) is 0 Å². The molecule has 0 aromatic carbocycles. The number of hydrogen-bond acceptors (Lipinski definition) is 1. The summed E-state index contributed by atoms with van der Waals surface area (Å²) in [5.74, 6) is 0.0792. The van der Waals surface area contributed by atoms with Gasteiger partial charge in [0.2, 0.25) is 5.91 Å². The van der Waals surface area contributed by atoms with Gasteiger partial charge in [0.1, 0.15) is 0 Å². The first-order valence-electron chi connectivity index (χ1n) is 9.79. The van der Waals surface area contributed by atoms with E-state index in [4.69, 9.17) is 11.6 Å². The van der Waals surface area contributed by atoms with Crippen molar-refractivity contribution in [1.29, 1.82) is 0 Å². The molecule has 0 spiro atoms. The average Bonchev–Trinajstić information content (AvgIpc) is 2.54. The zero-order valence-corrected chi connectivity index (χ0v) is 16.0. The average molecular weight is 344 g/mol. The molecule has 136 valence electrons. The van der Waals surface area contributed by atoms with E-state index >= 15 is 0 Å². The molecule has 1 amide bonds. The SMILES string of the molecule is CCCCCCCC/C=C/CCCCCCCCC(=O)NCCl. The molecule has 0 heterocycles. The zero-order valence-electron chi connectivity index (χ0n) is 15.3. The van der Waals surface area contributed by atoms with Crippen molar-refractivity contribution in [2.75, 3.05) is 6.00 Å². The van der Waals surface area contributed by atoms with E-state index in [1.807, 2.05) is 0 Å². The molecular formula is C20H38ClNO. The van der Waals surface area contributed by atoms with Crippen molar-refractivity contribution in [3.8, 4) is 0 Å². The molecule has 0 aromatic heterocycles. The number of alkyl halides is 1. The minimum Gasteiger partial charge on any atom is -0.343 e. The maximum Gasteiger partial charge on any atom is 0.220 e. The predicted molar refractivity (Wildman–Crippen MR) is 103 cm³/mol. The molecule has 2 nitrogen and oxygen atoms in total. The fourth-order valence-corrected chi connectivity index (χ4v) is 2.85. The number of carbonyl (C=O) groups excluding carboxylic acids is 1. The highest BCUT2D eigenvalue weighted by atomic mass is 35.5. The van der Waals surface area contributed by atoms with Crippen LogP contribution in [0.2, 0.25) is 0 Å². The van der Waals surface area contributed by atoms with Crippen molar-refractivity contribution >= 4 is 17.5 Å². The summed E-state index contributed by atoms with van der Waals surface area (Å²) >= 11 is 5.44. The summed E-state index contributed by atoms with van der Waals surface area (Å²) in [6.45, 7) is 2.27. The fraction of sp³-hybridized carbons (Fsp3) is 0.850. The summed E-state index contributed by atoms with van der Waals surface area (Å²) in [5.41, 5.74) is 0. The lowest BCUT2D eigenvalue weighted by molar-refractivity contribution is -0.120. The summed E-state index contributed by atoms with van der Waals surface area (Å²) in [7, 11) is 0. The summed E-state index contributed by atoms with van der Waals surface area (Å²) in [6, 6.07) is 0.227. The lowest BCUT2D eigenvalue weighted by Gasteiger charge is -2.02. The van der Waals surface area contributed by atoms with Gasteiger partial charge in [-0.25, -0.2) is 0 Å². The minimum absolute atomic E-state index is 0.0792. The van der Waals surface area contributed by atoms with Crippen LogP contribution in [-0.4, -0.2) is 11.9 Å². The quantitative estimate of drug-likeness (QED) is 0.135. The number of halogens is 1. The van der Waals surface area contributed by atoms with Crippen LogP contribution < -0.4 is 5.32 Å². The lowest BCUT2D eigenvalue weighted by atomic mass is 10.1. The van der Waals surface area contributed by atoms with Gasteiger partial charge in [0.25, 0.3) is 0 Å². The minimum atomic E-state index is 0.0792. The van der Waals surface area contributed by atoms with E-state index in [0.717, 1.165) is 12.8 Å². The molecule has 0 saturated carbocycles. The van der Waals surface area contributed by atoms with E-state index < -0.39 is 0 Å². The Morgan fingerprint density at radius 2 is 1.26 bits per heavy atom. The molecule has 1 N–H and O–H groups in total. The molecule has 0 rings (SSSR count). The van der Waals surface area contributed by atoms with Gasteiger partial charge in [-0.2, -0.15) is 0 Å². The van der Waals surface area contributed by atoms with Crippen molar-refractivity contribution < 1.29 is 4.79 Å². The smallest absolute Gasteiger partial charge is 0.220 e. The largest absolute Gasteiger partial charge is 0.343 e. The van der Waals surface area contributed by atoms with Crippen molar-refractivity contribution in [2.24, 2.45) is 0 Å². The molecule has 0 bridgehead atoms. The van der Waals surface area contributed by atoms with Crippen molar-refractivity contribution in [3.05, 3.63) is 12.2 Å². The van der Waals surface area contributed by atoms with Gasteiger partial charge in [-0.15, -0.1) is 11.6 Å². The van der Waals surface area contributed by atoms with Crippen molar-refractivity contribution in [1.82, 2.24) is 5.32 Å². The second-order valence-electron chi connectivity index (χ2n) is 6.42. The number of unbranched alkanes of at least 4 members (excludes halogenated alkanes) is 12. The first kappa shape index (κ1) is 22.5. The highest BCUT2D eigenvalue weighted by Gasteiger charge is 1.98. The van der Waals surface area contributed by atoms with Gasteiger partial charge in [-0.3, -0.25) is 4.79 Å². The molecular weight excluding hydrogens is 306 g/mol. The van der Waals surface area contributed by atoms with Crippen LogP contribution in [0.3, 0.4) is 0 Å². The summed E-state index contributed by atoms with van der Waals surface area (Å²) in [5, 5.41) is 2.62. The van der Waals surface area contributed by atoms with Crippen molar-refractivity contribution in [3.63, 3.8) is 0 Å². The second kappa shape index (κ2) is 19.5. The second-order valence-corrected chi connectivity index (χ2v) is 6.69. The Morgan fingerprint density at radius 1 is 0.783 bits per heavy atom. The number of allylic oxidation sites excluding steroid dienone is 2. The Bertz CT molecular complexity index is 279. The number of carbonyl (C=O) groups is 1. The molecule has 0 atom stereocenters. The van der Waals surface area contributed by atoms with E-state index in [-0.39, 0.29) is 11.9 Å². The van der Waals surface area contributed by atoms with E-state index in [2.05, 4.69) is 24.4 Å². The van der Waals surface area contributed by atoms with Gasteiger partial charge in [0.15, 0.2) is 0 Å². The van der Waals surface area contributed by atoms with Crippen LogP contribution in [0.1, 0.15) is 103 Å². The van der Waals surface area contributed by atoms with Gasteiger partial charge in [0, 0.05) is 6.42 Å². The summed E-state index contributed by atoms with van der Waals surface area (Å²) < 4.78 is 0. The number of nitrogens with one attached hydrogen (secondary N) is 1. The fourth-order valence-electron chi connectivity index (χ4n) is 2.70. The third kappa shape index (κ3) is 19.5. The Balaban J connectivity index is 3.12.